The molecule has 0 N–H and O–H groups in total. The molecule has 0 unspecified atom stereocenters. The summed E-state index contributed by atoms with van der Waals surface area (Å²) in [7, 11) is 0. The van der Waals surface area contributed by atoms with E-state index >= 15 is 0 Å². The Morgan fingerprint density at radius 2 is 0.632 bits per heavy atom. The van der Waals surface area contributed by atoms with Crippen molar-refractivity contribution < 1.29 is 0 Å². The molecule has 0 saturated carbocycles. The van der Waals surface area contributed by atoms with Crippen molar-refractivity contribution >= 4 is 87.7 Å². The second kappa shape index (κ2) is 12.9. The van der Waals surface area contributed by atoms with Crippen LogP contribution in [-0.4, -0.2) is 14.5 Å². The van der Waals surface area contributed by atoms with Gasteiger partial charge in [0.1, 0.15) is 0 Å². The minimum absolute atomic E-state index is 0.114. The van der Waals surface area contributed by atoms with Gasteiger partial charge in [-0.1, -0.05) is 0 Å². The van der Waals surface area contributed by atoms with Crippen molar-refractivity contribution in [2.75, 3.05) is 0 Å². The van der Waals surface area contributed by atoms with Gasteiger partial charge in [0, 0.05) is 0 Å². The molecular weight excluding hydrogens is 752 g/mol. The number of rotatable bonds is 4. The van der Waals surface area contributed by atoms with Crippen LogP contribution in [0.2, 0.25) is 0 Å². The van der Waals surface area contributed by atoms with Gasteiger partial charge in [-0.2, -0.15) is 0 Å². The van der Waals surface area contributed by atoms with E-state index in [4.69, 9.17) is 0 Å². The average Bonchev–Trinajstić information content (AvgIpc) is 3.67. The van der Waals surface area contributed by atoms with Crippen LogP contribution >= 0.6 is 0 Å². The molecule has 1 aromatic heterocycles. The number of fused-ring (bicyclic) bond motifs is 8. The molecule has 0 spiro atoms. The molecule has 0 aliphatic rings. The Balaban J connectivity index is 1.17. The van der Waals surface area contributed by atoms with Crippen molar-refractivity contribution in [1.29, 1.82) is 0 Å². The second-order valence-electron chi connectivity index (χ2n) is 15.0. The van der Waals surface area contributed by atoms with E-state index in [1.165, 1.54) is 118 Å². The fourth-order valence-corrected chi connectivity index (χ4v) is 12.4. The van der Waals surface area contributed by atoms with Gasteiger partial charge in [-0.05, 0) is 0 Å². The van der Waals surface area contributed by atoms with Gasteiger partial charge >= 0.3 is 338 Å². The first-order valence-corrected chi connectivity index (χ1v) is 21.4. The van der Waals surface area contributed by atoms with Crippen molar-refractivity contribution in [3.63, 3.8) is 0 Å². The SMILES string of the molecule is c1ccc(-c2c3ccccc3c(-c3cccc4[se]c5c(-c6c7ccccc7c(-c7cccc8ccccc78)c7ccccc67)cccc5c34)c3ccccc23)cc1. The molecule has 0 amide bonds. The third-order valence-corrected chi connectivity index (χ3v) is 14.6. The number of hydrogen-bond donors (Lipinski definition) is 0. The fourth-order valence-electron chi connectivity index (χ4n) is 9.74. The predicted octanol–water partition coefficient (Wildman–Crippen LogP) is 15.5. The zero-order valence-corrected chi connectivity index (χ0v) is 32.8. The van der Waals surface area contributed by atoms with E-state index in [1.54, 1.807) is 0 Å². The zero-order chi connectivity index (χ0) is 37.5. The van der Waals surface area contributed by atoms with Gasteiger partial charge < -0.3 is 0 Å². The normalized spacial score (nSPS) is 11.9. The average molecular weight is 786 g/mol. The Morgan fingerprint density at radius 3 is 1.23 bits per heavy atom. The first-order chi connectivity index (χ1) is 28.3. The van der Waals surface area contributed by atoms with Gasteiger partial charge in [-0.25, -0.2) is 0 Å². The fraction of sp³-hybridized carbons (Fsp3) is 0. The van der Waals surface area contributed by atoms with Gasteiger partial charge in [0.15, 0.2) is 0 Å². The van der Waals surface area contributed by atoms with Crippen molar-refractivity contribution in [3.05, 3.63) is 206 Å². The van der Waals surface area contributed by atoms with Crippen LogP contribution in [0.1, 0.15) is 0 Å². The van der Waals surface area contributed by atoms with Crippen LogP contribution in [-0.2, 0) is 0 Å². The Hall–Kier alpha value is -6.76. The summed E-state index contributed by atoms with van der Waals surface area (Å²) in [4.78, 5) is 0. The van der Waals surface area contributed by atoms with Gasteiger partial charge in [-0.3, -0.25) is 0 Å². The maximum atomic E-state index is 2.39. The summed E-state index contributed by atoms with van der Waals surface area (Å²) in [5.41, 5.74) is 10.5. The summed E-state index contributed by atoms with van der Waals surface area (Å²) < 4.78 is 2.92. The molecule has 0 bridgehead atoms. The van der Waals surface area contributed by atoms with E-state index in [2.05, 4.69) is 206 Å². The summed E-state index contributed by atoms with van der Waals surface area (Å²) in [5, 5.41) is 15.6. The number of hydrogen-bond acceptors (Lipinski definition) is 0. The van der Waals surface area contributed by atoms with Crippen LogP contribution in [0.5, 0.6) is 0 Å². The standard InChI is InChI=1S/C56H34Se/c1-2-18-36(19-3-1)51-39-22-6-8-24-41(39)53(42-25-9-7-23-40(42)51)47-31-16-34-50-55(47)49-33-15-32-48(56(49)57-50)54-45-28-12-10-26-43(45)52(44-27-11-13-29-46(44)54)38-30-14-20-35-17-4-5-21-37(35)38/h1-34H. The zero-order valence-electron chi connectivity index (χ0n) is 31.0. The summed E-state index contributed by atoms with van der Waals surface area (Å²) >= 11 is 0.114. The molecule has 0 fully saturated rings. The first-order valence-electron chi connectivity index (χ1n) is 19.7. The molecular formula is C56H34Se. The van der Waals surface area contributed by atoms with Crippen molar-refractivity contribution in [3.8, 4) is 44.5 Å². The molecule has 0 atom stereocenters. The first kappa shape index (κ1) is 32.5. The molecule has 264 valence electrons. The monoisotopic (exact) mass is 786 g/mol. The molecule has 11 aromatic carbocycles. The van der Waals surface area contributed by atoms with E-state index in [0.717, 1.165) is 0 Å². The molecule has 57 heavy (non-hydrogen) atoms. The van der Waals surface area contributed by atoms with E-state index in [1.807, 2.05) is 0 Å². The van der Waals surface area contributed by atoms with E-state index in [0.29, 0.717) is 0 Å². The molecule has 0 aliphatic heterocycles. The molecule has 1 heterocycles. The van der Waals surface area contributed by atoms with Crippen LogP contribution in [0.3, 0.4) is 0 Å². The molecule has 12 rings (SSSR count). The van der Waals surface area contributed by atoms with E-state index in [-0.39, 0.29) is 14.5 Å². The van der Waals surface area contributed by atoms with Gasteiger partial charge in [-0.15, -0.1) is 0 Å². The Morgan fingerprint density at radius 1 is 0.246 bits per heavy atom. The summed E-state index contributed by atoms with van der Waals surface area (Å²) in [6, 6.07) is 76.8. The molecule has 0 aliphatic carbocycles. The third-order valence-electron chi connectivity index (χ3n) is 12.0. The van der Waals surface area contributed by atoms with Crippen LogP contribution < -0.4 is 0 Å². The minimum atomic E-state index is 0.114. The molecule has 0 saturated heterocycles. The van der Waals surface area contributed by atoms with Crippen LogP contribution in [0.15, 0.2) is 206 Å². The topological polar surface area (TPSA) is 0 Å². The summed E-state index contributed by atoms with van der Waals surface area (Å²) in [6.45, 7) is 0. The van der Waals surface area contributed by atoms with Gasteiger partial charge in [0.2, 0.25) is 0 Å². The molecule has 1 heteroatoms. The molecule has 12 aromatic rings. The molecule has 0 nitrogen and oxygen atoms in total. The van der Waals surface area contributed by atoms with Crippen molar-refractivity contribution in [2.45, 2.75) is 0 Å². The maximum absolute atomic E-state index is 2.39. The van der Waals surface area contributed by atoms with Crippen LogP contribution in [0.25, 0.3) is 118 Å². The van der Waals surface area contributed by atoms with E-state index in [9.17, 15) is 0 Å². The quantitative estimate of drug-likeness (QED) is 0.123. The Labute approximate surface area is 336 Å². The van der Waals surface area contributed by atoms with E-state index < -0.39 is 0 Å². The summed E-state index contributed by atoms with van der Waals surface area (Å²) in [6.07, 6.45) is 0. The third kappa shape index (κ3) is 4.87. The molecule has 0 radical (unpaired) electrons. The van der Waals surface area contributed by atoms with Crippen LogP contribution in [0.4, 0.5) is 0 Å². The number of benzene rings is 11. The van der Waals surface area contributed by atoms with Crippen molar-refractivity contribution in [2.24, 2.45) is 0 Å². The van der Waals surface area contributed by atoms with Gasteiger partial charge in [0.05, 0.1) is 0 Å². The van der Waals surface area contributed by atoms with Gasteiger partial charge in [0.25, 0.3) is 0 Å². The summed E-state index contributed by atoms with van der Waals surface area (Å²) in [5.74, 6) is 0. The Bertz CT molecular complexity index is 3450. The van der Waals surface area contributed by atoms with Crippen molar-refractivity contribution in [1.82, 2.24) is 0 Å². The Kier molecular flexibility index (Phi) is 7.35. The van der Waals surface area contributed by atoms with Crippen LogP contribution in [0, 0.1) is 0 Å². The predicted molar refractivity (Wildman–Crippen MR) is 248 cm³/mol. The second-order valence-corrected chi connectivity index (χ2v) is 17.2.